The average Bonchev–Trinajstić information content (AvgIpc) is 2.48. The summed E-state index contributed by atoms with van der Waals surface area (Å²) >= 11 is 7.20. The van der Waals surface area contributed by atoms with E-state index in [1.165, 1.54) is 16.2 Å². The van der Waals surface area contributed by atoms with Crippen molar-refractivity contribution in [1.29, 1.82) is 0 Å². The zero-order valence-electron chi connectivity index (χ0n) is 10.3. The number of aldehydes is 1. The normalized spacial score (nSPS) is 11.7. The maximum atomic E-state index is 11.3. The second-order valence-electron chi connectivity index (χ2n) is 4.86. The summed E-state index contributed by atoms with van der Waals surface area (Å²) in [6.45, 7) is 0. The Kier molecular flexibility index (Phi) is 2.63. The van der Waals surface area contributed by atoms with Gasteiger partial charge in [0, 0.05) is 14.5 Å². The molecule has 0 saturated carbocycles. The number of hydrogen-bond acceptors (Lipinski definition) is 1. The van der Waals surface area contributed by atoms with Gasteiger partial charge in [0.1, 0.15) is 0 Å². The average molecular weight is 388 g/mol. The zero-order chi connectivity index (χ0) is 13.9. The highest BCUT2D eigenvalue weighted by atomic mass is 79.9. The van der Waals surface area contributed by atoms with E-state index < -0.39 is 0 Å². The summed E-state index contributed by atoms with van der Waals surface area (Å²) in [7, 11) is 0. The van der Waals surface area contributed by atoms with Gasteiger partial charge in [-0.1, -0.05) is 62.2 Å². The lowest BCUT2D eigenvalue weighted by Crippen LogP contribution is -1.90. The van der Waals surface area contributed by atoms with Crippen LogP contribution in [0, 0.1) is 0 Å². The van der Waals surface area contributed by atoms with Crippen molar-refractivity contribution in [3.8, 4) is 0 Å². The molecule has 0 atom stereocenters. The van der Waals surface area contributed by atoms with E-state index in [9.17, 15) is 4.79 Å². The summed E-state index contributed by atoms with van der Waals surface area (Å²) in [6.07, 6.45) is 0.922. The fraction of sp³-hybridized carbons (Fsp3) is 0. The van der Waals surface area contributed by atoms with Gasteiger partial charge in [0.25, 0.3) is 0 Å². The molecule has 0 aliphatic carbocycles. The fourth-order valence-corrected chi connectivity index (χ4v) is 3.98. The highest BCUT2D eigenvalue weighted by molar-refractivity contribution is 9.11. The van der Waals surface area contributed by atoms with Crippen LogP contribution in [0.3, 0.4) is 0 Å². The third-order valence-electron chi connectivity index (χ3n) is 3.84. The first-order valence-corrected chi connectivity index (χ1v) is 7.80. The van der Waals surface area contributed by atoms with E-state index in [4.69, 9.17) is 0 Å². The van der Waals surface area contributed by atoms with E-state index in [-0.39, 0.29) is 0 Å². The van der Waals surface area contributed by atoms with Crippen LogP contribution < -0.4 is 0 Å². The van der Waals surface area contributed by atoms with Crippen molar-refractivity contribution in [3.05, 3.63) is 57.0 Å². The molecule has 0 aromatic heterocycles. The smallest absolute Gasteiger partial charge is 0.150 e. The first-order valence-electron chi connectivity index (χ1n) is 6.21. The lowest BCUT2D eigenvalue weighted by Gasteiger charge is -2.14. The third-order valence-corrected chi connectivity index (χ3v) is 5.18. The van der Waals surface area contributed by atoms with Crippen LogP contribution in [0.15, 0.2) is 51.4 Å². The van der Waals surface area contributed by atoms with Crippen LogP contribution >= 0.6 is 31.9 Å². The van der Waals surface area contributed by atoms with E-state index in [1.807, 2.05) is 12.1 Å². The lowest BCUT2D eigenvalue weighted by atomic mass is 9.92. The van der Waals surface area contributed by atoms with E-state index >= 15 is 0 Å². The van der Waals surface area contributed by atoms with Gasteiger partial charge in [-0.05, 0) is 44.5 Å². The van der Waals surface area contributed by atoms with Gasteiger partial charge in [0.15, 0.2) is 6.29 Å². The predicted molar refractivity (Wildman–Crippen MR) is 90.9 cm³/mol. The molecule has 4 rings (SSSR count). The summed E-state index contributed by atoms with van der Waals surface area (Å²) in [5, 5.41) is 6.87. The number of halogens is 2. The Labute approximate surface area is 132 Å². The Balaban J connectivity index is 2.44. The summed E-state index contributed by atoms with van der Waals surface area (Å²) in [4.78, 5) is 11.3. The first-order chi connectivity index (χ1) is 9.70. The number of carbonyl (C=O) groups is 1. The van der Waals surface area contributed by atoms with Gasteiger partial charge in [-0.2, -0.15) is 0 Å². The van der Waals surface area contributed by atoms with Crippen molar-refractivity contribution in [3.63, 3.8) is 0 Å². The molecule has 3 heteroatoms. The predicted octanol–water partition coefficient (Wildman–Crippen LogP) is 5.92. The van der Waals surface area contributed by atoms with Crippen LogP contribution in [-0.2, 0) is 0 Å². The van der Waals surface area contributed by atoms with Gasteiger partial charge < -0.3 is 0 Å². The molecule has 0 spiro atoms. The molecule has 0 aliphatic rings. The minimum Gasteiger partial charge on any atom is -0.298 e. The summed E-state index contributed by atoms with van der Waals surface area (Å²) in [5.74, 6) is 0. The van der Waals surface area contributed by atoms with Crippen LogP contribution in [0.1, 0.15) is 10.4 Å². The van der Waals surface area contributed by atoms with Crippen LogP contribution in [0.2, 0.25) is 0 Å². The summed E-state index contributed by atoms with van der Waals surface area (Å²) in [5.41, 5.74) is 0.721. The Morgan fingerprint density at radius 2 is 1.40 bits per heavy atom. The number of hydrogen-bond donors (Lipinski definition) is 0. The molecule has 0 amide bonds. The topological polar surface area (TPSA) is 17.1 Å². The van der Waals surface area contributed by atoms with Gasteiger partial charge in [-0.25, -0.2) is 0 Å². The van der Waals surface area contributed by atoms with Crippen molar-refractivity contribution in [2.24, 2.45) is 0 Å². The Morgan fingerprint density at radius 3 is 2.15 bits per heavy atom. The highest BCUT2D eigenvalue weighted by Crippen LogP contribution is 2.41. The molecule has 0 radical (unpaired) electrons. The minimum absolute atomic E-state index is 0.721. The van der Waals surface area contributed by atoms with Crippen molar-refractivity contribution < 1.29 is 4.79 Å². The molecule has 0 bridgehead atoms. The highest BCUT2D eigenvalue weighted by Gasteiger charge is 2.14. The van der Waals surface area contributed by atoms with Gasteiger partial charge in [0.05, 0.1) is 0 Å². The third kappa shape index (κ3) is 1.51. The number of benzene rings is 4. The maximum Gasteiger partial charge on any atom is 0.150 e. The molecule has 0 aliphatic heterocycles. The Hall–Kier alpha value is -1.45. The molecule has 1 nitrogen and oxygen atoms in total. The SMILES string of the molecule is O=Cc1cc(Br)c2ccc3c(Br)ccc4ccc1c2c43. The summed E-state index contributed by atoms with van der Waals surface area (Å²) < 4.78 is 2.04. The second-order valence-corrected chi connectivity index (χ2v) is 6.57. The van der Waals surface area contributed by atoms with E-state index in [0.717, 1.165) is 37.0 Å². The maximum absolute atomic E-state index is 11.3. The fourth-order valence-electron chi connectivity index (χ4n) is 2.94. The van der Waals surface area contributed by atoms with Crippen LogP contribution in [-0.4, -0.2) is 6.29 Å². The molecular formula is C17H8Br2O. The molecule has 0 unspecified atom stereocenters. The molecular weight excluding hydrogens is 380 g/mol. The van der Waals surface area contributed by atoms with Crippen molar-refractivity contribution in [2.45, 2.75) is 0 Å². The molecule has 96 valence electrons. The lowest BCUT2D eigenvalue weighted by molar-refractivity contribution is 0.112. The van der Waals surface area contributed by atoms with Crippen LogP contribution in [0.4, 0.5) is 0 Å². The van der Waals surface area contributed by atoms with E-state index in [1.54, 1.807) is 0 Å². The van der Waals surface area contributed by atoms with Crippen LogP contribution in [0.5, 0.6) is 0 Å². The van der Waals surface area contributed by atoms with Crippen molar-refractivity contribution in [1.82, 2.24) is 0 Å². The molecule has 20 heavy (non-hydrogen) atoms. The molecule has 4 aromatic carbocycles. The standard InChI is InChI=1S/C17H8Br2O/c18-14-6-2-9-1-3-11-10(8-20)7-15(19)13-5-4-12(14)16(9)17(11)13/h1-8H. The van der Waals surface area contributed by atoms with Gasteiger partial charge >= 0.3 is 0 Å². The van der Waals surface area contributed by atoms with Crippen molar-refractivity contribution in [2.75, 3.05) is 0 Å². The molecule has 0 N–H and O–H groups in total. The monoisotopic (exact) mass is 386 g/mol. The van der Waals surface area contributed by atoms with Crippen LogP contribution in [0.25, 0.3) is 32.3 Å². The zero-order valence-corrected chi connectivity index (χ0v) is 13.5. The largest absolute Gasteiger partial charge is 0.298 e. The number of rotatable bonds is 1. The van der Waals surface area contributed by atoms with Gasteiger partial charge in [-0.3, -0.25) is 4.79 Å². The van der Waals surface area contributed by atoms with Gasteiger partial charge in [0.2, 0.25) is 0 Å². The molecule has 0 fully saturated rings. The van der Waals surface area contributed by atoms with Crippen molar-refractivity contribution >= 4 is 70.5 Å². The Bertz CT molecular complexity index is 989. The van der Waals surface area contributed by atoms with E-state index in [2.05, 4.69) is 62.2 Å². The number of carbonyl (C=O) groups excluding carboxylic acids is 1. The first kappa shape index (κ1) is 12.3. The minimum atomic E-state index is 0.721. The second kappa shape index (κ2) is 4.27. The van der Waals surface area contributed by atoms with Gasteiger partial charge in [-0.15, -0.1) is 0 Å². The Morgan fingerprint density at radius 1 is 0.750 bits per heavy atom. The summed E-state index contributed by atoms with van der Waals surface area (Å²) in [6, 6.07) is 14.4. The molecule has 4 aromatic rings. The molecule has 0 heterocycles. The van der Waals surface area contributed by atoms with E-state index in [0.29, 0.717) is 0 Å². The molecule has 0 saturated heterocycles. The quantitative estimate of drug-likeness (QED) is 0.292.